The first-order chi connectivity index (χ1) is 10.8. The maximum atomic E-state index is 12.3. The number of hydrogen-bond acceptors (Lipinski definition) is 5. The van der Waals surface area contributed by atoms with E-state index in [1.807, 2.05) is 18.6 Å². The summed E-state index contributed by atoms with van der Waals surface area (Å²) in [6.07, 6.45) is 0.525. The first kappa shape index (κ1) is 17.0. The molecule has 0 fully saturated rings. The Morgan fingerprint density at radius 2 is 1.91 bits per heavy atom. The second kappa shape index (κ2) is 6.78. The SMILES string of the molecule is Cc1ccc(S(=O)(=O)NC(=O)C(C)Oc2ccccn2)cc1C. The summed E-state index contributed by atoms with van der Waals surface area (Å²) in [6.45, 7) is 5.15. The molecule has 1 N–H and O–H groups in total. The van der Waals surface area contributed by atoms with Crippen LogP contribution in [0.25, 0.3) is 0 Å². The minimum atomic E-state index is -3.94. The first-order valence-electron chi connectivity index (χ1n) is 7.01. The fourth-order valence-electron chi connectivity index (χ4n) is 1.81. The van der Waals surface area contributed by atoms with Gasteiger partial charge in [-0.05, 0) is 50.1 Å². The zero-order valence-electron chi connectivity index (χ0n) is 13.1. The van der Waals surface area contributed by atoms with E-state index < -0.39 is 22.0 Å². The van der Waals surface area contributed by atoms with Gasteiger partial charge < -0.3 is 4.74 Å². The minimum Gasteiger partial charge on any atom is -0.464 e. The van der Waals surface area contributed by atoms with E-state index in [1.165, 1.54) is 25.3 Å². The van der Waals surface area contributed by atoms with Gasteiger partial charge in [0, 0.05) is 12.3 Å². The molecule has 0 aliphatic rings. The quantitative estimate of drug-likeness (QED) is 0.903. The number of rotatable bonds is 5. The van der Waals surface area contributed by atoms with Gasteiger partial charge in [0.1, 0.15) is 0 Å². The van der Waals surface area contributed by atoms with E-state index in [-0.39, 0.29) is 10.8 Å². The molecule has 23 heavy (non-hydrogen) atoms. The van der Waals surface area contributed by atoms with E-state index >= 15 is 0 Å². The fraction of sp³-hybridized carbons (Fsp3) is 0.250. The number of carbonyl (C=O) groups is 1. The number of amides is 1. The van der Waals surface area contributed by atoms with Crippen LogP contribution in [-0.2, 0) is 14.8 Å². The molecule has 0 saturated heterocycles. The number of nitrogens with one attached hydrogen (secondary N) is 1. The number of benzene rings is 1. The van der Waals surface area contributed by atoms with Crippen molar-refractivity contribution in [3.05, 3.63) is 53.7 Å². The molecule has 1 amide bonds. The van der Waals surface area contributed by atoms with Crippen molar-refractivity contribution < 1.29 is 17.9 Å². The molecule has 0 radical (unpaired) electrons. The van der Waals surface area contributed by atoms with Crippen LogP contribution in [0.15, 0.2) is 47.5 Å². The molecule has 7 heteroatoms. The van der Waals surface area contributed by atoms with Crippen LogP contribution < -0.4 is 9.46 Å². The van der Waals surface area contributed by atoms with Crippen molar-refractivity contribution in [2.75, 3.05) is 0 Å². The summed E-state index contributed by atoms with van der Waals surface area (Å²) in [4.78, 5) is 16.0. The standard InChI is InChI=1S/C16H18N2O4S/c1-11-7-8-14(10-12(11)2)23(20,21)18-16(19)13(3)22-15-6-4-5-9-17-15/h4-10,13H,1-3H3,(H,18,19). The maximum absolute atomic E-state index is 12.3. The van der Waals surface area contributed by atoms with Crippen LogP contribution in [0.1, 0.15) is 18.1 Å². The lowest BCUT2D eigenvalue weighted by Gasteiger charge is -2.14. The summed E-state index contributed by atoms with van der Waals surface area (Å²) >= 11 is 0. The lowest BCUT2D eigenvalue weighted by molar-refractivity contribution is -0.125. The molecule has 2 rings (SSSR count). The molecular formula is C16H18N2O4S. The second-order valence-electron chi connectivity index (χ2n) is 5.14. The van der Waals surface area contributed by atoms with Gasteiger partial charge in [0.05, 0.1) is 4.90 Å². The van der Waals surface area contributed by atoms with Crippen molar-refractivity contribution in [2.45, 2.75) is 31.8 Å². The Morgan fingerprint density at radius 3 is 2.52 bits per heavy atom. The molecular weight excluding hydrogens is 316 g/mol. The third-order valence-corrected chi connectivity index (χ3v) is 4.67. The van der Waals surface area contributed by atoms with Crippen molar-refractivity contribution in [2.24, 2.45) is 0 Å². The summed E-state index contributed by atoms with van der Waals surface area (Å²) in [5, 5.41) is 0. The third-order valence-electron chi connectivity index (χ3n) is 3.33. The number of carbonyl (C=O) groups excluding carboxylic acids is 1. The highest BCUT2D eigenvalue weighted by atomic mass is 32.2. The molecule has 1 aromatic heterocycles. The molecule has 1 heterocycles. The van der Waals surface area contributed by atoms with Crippen LogP contribution in [0.4, 0.5) is 0 Å². The van der Waals surface area contributed by atoms with Gasteiger partial charge in [0.25, 0.3) is 15.9 Å². The Balaban J connectivity index is 2.10. The average molecular weight is 334 g/mol. The molecule has 0 bridgehead atoms. The van der Waals surface area contributed by atoms with Crippen LogP contribution in [0.3, 0.4) is 0 Å². The molecule has 6 nitrogen and oxygen atoms in total. The Kier molecular flexibility index (Phi) is 5.00. The van der Waals surface area contributed by atoms with Gasteiger partial charge >= 0.3 is 0 Å². The molecule has 0 spiro atoms. The molecule has 1 aromatic carbocycles. The van der Waals surface area contributed by atoms with Gasteiger partial charge in [-0.25, -0.2) is 18.1 Å². The van der Waals surface area contributed by atoms with Gasteiger partial charge in [0.2, 0.25) is 5.88 Å². The summed E-state index contributed by atoms with van der Waals surface area (Å²) in [6, 6.07) is 9.68. The van der Waals surface area contributed by atoms with Crippen molar-refractivity contribution >= 4 is 15.9 Å². The highest BCUT2D eigenvalue weighted by Gasteiger charge is 2.23. The highest BCUT2D eigenvalue weighted by Crippen LogP contribution is 2.15. The zero-order valence-corrected chi connectivity index (χ0v) is 13.9. The summed E-state index contributed by atoms with van der Waals surface area (Å²) in [5.74, 6) is -0.507. The van der Waals surface area contributed by atoms with Crippen LogP contribution in [-0.4, -0.2) is 25.4 Å². The predicted octanol–water partition coefficient (Wildman–Crippen LogP) is 1.97. The number of sulfonamides is 1. The van der Waals surface area contributed by atoms with E-state index in [9.17, 15) is 13.2 Å². The number of nitrogens with zero attached hydrogens (tertiary/aromatic N) is 1. The van der Waals surface area contributed by atoms with Gasteiger partial charge in [0.15, 0.2) is 6.10 Å². The molecule has 0 saturated carbocycles. The van der Waals surface area contributed by atoms with Crippen LogP contribution in [0.2, 0.25) is 0 Å². The molecule has 2 aromatic rings. The number of aromatic nitrogens is 1. The van der Waals surface area contributed by atoms with E-state index in [1.54, 1.807) is 24.3 Å². The van der Waals surface area contributed by atoms with Crippen molar-refractivity contribution in [3.8, 4) is 5.88 Å². The normalized spacial score (nSPS) is 12.5. The molecule has 1 atom stereocenters. The van der Waals surface area contributed by atoms with Gasteiger partial charge in [-0.2, -0.15) is 0 Å². The number of aryl methyl sites for hydroxylation is 2. The monoisotopic (exact) mass is 334 g/mol. The Bertz CT molecular complexity index is 804. The average Bonchev–Trinajstić information content (AvgIpc) is 2.50. The van der Waals surface area contributed by atoms with Gasteiger partial charge in [-0.1, -0.05) is 12.1 Å². The number of pyridine rings is 1. The number of hydrogen-bond donors (Lipinski definition) is 1. The maximum Gasteiger partial charge on any atom is 0.274 e. The largest absolute Gasteiger partial charge is 0.464 e. The number of ether oxygens (including phenoxy) is 1. The third kappa shape index (κ3) is 4.29. The fourth-order valence-corrected chi connectivity index (χ4v) is 2.93. The Hall–Kier alpha value is -2.41. The second-order valence-corrected chi connectivity index (χ2v) is 6.83. The lowest BCUT2D eigenvalue weighted by atomic mass is 10.1. The smallest absolute Gasteiger partial charge is 0.274 e. The van der Waals surface area contributed by atoms with Crippen LogP contribution >= 0.6 is 0 Å². The summed E-state index contributed by atoms with van der Waals surface area (Å²) in [7, 11) is -3.94. The predicted molar refractivity (Wildman–Crippen MR) is 85.6 cm³/mol. The molecule has 122 valence electrons. The lowest BCUT2D eigenvalue weighted by Crippen LogP contribution is -2.40. The topological polar surface area (TPSA) is 85.4 Å². The Labute approximate surface area is 135 Å². The summed E-state index contributed by atoms with van der Waals surface area (Å²) < 4.78 is 31.9. The summed E-state index contributed by atoms with van der Waals surface area (Å²) in [5.41, 5.74) is 1.81. The molecule has 0 aliphatic heterocycles. The van der Waals surface area contributed by atoms with Crippen LogP contribution in [0.5, 0.6) is 5.88 Å². The zero-order chi connectivity index (χ0) is 17.0. The van der Waals surface area contributed by atoms with E-state index in [4.69, 9.17) is 4.74 Å². The van der Waals surface area contributed by atoms with Crippen molar-refractivity contribution in [1.82, 2.24) is 9.71 Å². The highest BCUT2D eigenvalue weighted by molar-refractivity contribution is 7.90. The van der Waals surface area contributed by atoms with Crippen molar-refractivity contribution in [1.29, 1.82) is 0 Å². The Morgan fingerprint density at radius 1 is 1.17 bits per heavy atom. The van der Waals surface area contributed by atoms with Gasteiger partial charge in [-0.15, -0.1) is 0 Å². The molecule has 1 unspecified atom stereocenters. The van der Waals surface area contributed by atoms with E-state index in [2.05, 4.69) is 4.98 Å². The molecule has 0 aliphatic carbocycles. The van der Waals surface area contributed by atoms with E-state index in [0.29, 0.717) is 0 Å². The van der Waals surface area contributed by atoms with E-state index in [0.717, 1.165) is 11.1 Å². The minimum absolute atomic E-state index is 0.0407. The van der Waals surface area contributed by atoms with Crippen molar-refractivity contribution in [3.63, 3.8) is 0 Å². The van der Waals surface area contributed by atoms with Crippen LogP contribution in [0, 0.1) is 13.8 Å². The first-order valence-corrected chi connectivity index (χ1v) is 8.49. The van der Waals surface area contributed by atoms with Gasteiger partial charge in [-0.3, -0.25) is 4.79 Å².